The number of carboxylic acid groups (broad SMARTS) is 1. The number of carbonyl (C=O) groups is 2. The van der Waals surface area contributed by atoms with Crippen molar-refractivity contribution in [3.05, 3.63) is 58.7 Å². The summed E-state index contributed by atoms with van der Waals surface area (Å²) < 4.78 is 5.44. The molecular weight excluding hydrogens is 332 g/mol. The number of hydrogen-bond acceptors (Lipinski definition) is 3. The van der Waals surface area contributed by atoms with E-state index >= 15 is 0 Å². The van der Waals surface area contributed by atoms with Crippen molar-refractivity contribution in [1.29, 1.82) is 0 Å². The number of aryl methyl sites for hydroxylation is 3. The molecule has 0 atom stereocenters. The number of hydrogen-bond donors (Lipinski definition) is 2. The first kappa shape index (κ1) is 17.8. The molecule has 0 aliphatic rings. The minimum Gasteiger partial charge on any atom is -0.478 e. The van der Waals surface area contributed by atoms with Crippen molar-refractivity contribution in [2.45, 2.75) is 33.2 Å². The maximum atomic E-state index is 12.4. The Kier molecular flexibility index (Phi) is 4.84. The second kappa shape index (κ2) is 7.07. The third-order valence-corrected chi connectivity index (χ3v) is 4.55. The monoisotopic (exact) mass is 354 g/mol. The molecule has 0 spiro atoms. The fraction of sp³-hybridized carbons (Fsp3) is 0.300. The maximum absolute atomic E-state index is 12.4. The van der Waals surface area contributed by atoms with Crippen LogP contribution in [-0.2, 0) is 17.8 Å². The summed E-state index contributed by atoms with van der Waals surface area (Å²) in [6.45, 7) is 3.90. The summed E-state index contributed by atoms with van der Waals surface area (Å²) in [7, 11) is 1.69. The fourth-order valence-corrected chi connectivity index (χ4v) is 3.09. The van der Waals surface area contributed by atoms with Gasteiger partial charge in [-0.05, 0) is 44.0 Å². The van der Waals surface area contributed by atoms with E-state index in [-0.39, 0.29) is 18.0 Å². The van der Waals surface area contributed by atoms with Gasteiger partial charge in [0.05, 0.1) is 6.54 Å². The quantitative estimate of drug-likeness (QED) is 0.707. The average Bonchev–Trinajstić information content (AvgIpc) is 3.15. The Morgan fingerprint density at radius 2 is 2.00 bits per heavy atom. The number of benzene rings is 1. The number of carbonyl (C=O) groups excluding carboxylic acids is 1. The molecule has 3 aromatic rings. The Labute approximate surface area is 151 Å². The van der Waals surface area contributed by atoms with Crippen LogP contribution in [0.5, 0.6) is 0 Å². The zero-order chi connectivity index (χ0) is 18.8. The van der Waals surface area contributed by atoms with Crippen LogP contribution in [0.2, 0.25) is 0 Å². The molecule has 0 saturated heterocycles. The molecule has 0 unspecified atom stereocenters. The Morgan fingerprint density at radius 3 is 2.69 bits per heavy atom. The van der Waals surface area contributed by atoms with Crippen molar-refractivity contribution in [2.24, 2.45) is 0 Å². The summed E-state index contributed by atoms with van der Waals surface area (Å²) >= 11 is 0. The van der Waals surface area contributed by atoms with Crippen molar-refractivity contribution in [2.75, 3.05) is 7.05 Å². The molecule has 26 heavy (non-hydrogen) atoms. The number of aromatic carboxylic acids is 1. The molecule has 3 rings (SSSR count). The molecule has 0 bridgehead atoms. The van der Waals surface area contributed by atoms with Crippen molar-refractivity contribution >= 4 is 22.8 Å². The van der Waals surface area contributed by atoms with Crippen LogP contribution in [0.4, 0.5) is 0 Å². The lowest BCUT2D eigenvalue weighted by Gasteiger charge is -2.15. The number of aromatic amines is 1. The molecule has 0 saturated carbocycles. The first-order valence-corrected chi connectivity index (χ1v) is 8.48. The van der Waals surface area contributed by atoms with Crippen LogP contribution in [0, 0.1) is 13.8 Å². The first-order valence-electron chi connectivity index (χ1n) is 8.48. The lowest BCUT2D eigenvalue weighted by atomic mass is 10.1. The third-order valence-electron chi connectivity index (χ3n) is 4.55. The normalized spacial score (nSPS) is 11.0. The van der Waals surface area contributed by atoms with Gasteiger partial charge >= 0.3 is 5.97 Å². The maximum Gasteiger partial charge on any atom is 0.339 e. The third kappa shape index (κ3) is 3.64. The molecular formula is C20H22N2O4. The lowest BCUT2D eigenvalue weighted by molar-refractivity contribution is -0.130. The number of nitrogens with one attached hydrogen (secondary N) is 1. The Morgan fingerprint density at radius 1 is 1.23 bits per heavy atom. The molecule has 0 aliphatic carbocycles. The van der Waals surface area contributed by atoms with E-state index in [1.54, 1.807) is 18.9 Å². The molecule has 136 valence electrons. The second-order valence-corrected chi connectivity index (χ2v) is 6.60. The van der Waals surface area contributed by atoms with E-state index in [2.05, 4.69) is 17.1 Å². The van der Waals surface area contributed by atoms with E-state index < -0.39 is 5.97 Å². The summed E-state index contributed by atoms with van der Waals surface area (Å²) in [5, 5.41) is 10.2. The minimum atomic E-state index is -1.03. The van der Waals surface area contributed by atoms with Crippen LogP contribution >= 0.6 is 0 Å². The summed E-state index contributed by atoms with van der Waals surface area (Å²) in [6, 6.07) is 7.69. The number of aromatic nitrogens is 1. The summed E-state index contributed by atoms with van der Waals surface area (Å²) in [4.78, 5) is 28.3. The summed E-state index contributed by atoms with van der Waals surface area (Å²) in [5.74, 6) is -0.222. The highest BCUT2D eigenvalue weighted by Gasteiger charge is 2.17. The molecule has 1 aromatic carbocycles. The van der Waals surface area contributed by atoms with Gasteiger partial charge in [-0.15, -0.1) is 0 Å². The molecule has 2 heterocycles. The van der Waals surface area contributed by atoms with Crippen molar-refractivity contribution < 1.29 is 19.1 Å². The van der Waals surface area contributed by atoms with Gasteiger partial charge in [-0.25, -0.2) is 4.79 Å². The van der Waals surface area contributed by atoms with E-state index in [1.807, 2.05) is 19.2 Å². The second-order valence-electron chi connectivity index (χ2n) is 6.60. The molecule has 6 nitrogen and oxygen atoms in total. The molecule has 0 aliphatic heterocycles. The number of fused-ring (bicyclic) bond motifs is 1. The fourth-order valence-electron chi connectivity index (χ4n) is 3.09. The summed E-state index contributed by atoms with van der Waals surface area (Å²) in [6.07, 6.45) is 2.97. The van der Waals surface area contributed by atoms with E-state index in [0.717, 1.165) is 16.5 Å². The zero-order valence-electron chi connectivity index (χ0n) is 15.1. The van der Waals surface area contributed by atoms with Crippen LogP contribution in [0.15, 0.2) is 34.9 Å². The van der Waals surface area contributed by atoms with E-state index in [9.17, 15) is 9.59 Å². The van der Waals surface area contributed by atoms with Crippen molar-refractivity contribution in [3.63, 3.8) is 0 Å². The van der Waals surface area contributed by atoms with E-state index in [0.29, 0.717) is 24.4 Å². The van der Waals surface area contributed by atoms with Crippen LogP contribution in [-0.4, -0.2) is 33.9 Å². The van der Waals surface area contributed by atoms with Gasteiger partial charge < -0.3 is 19.4 Å². The number of carboxylic acids is 1. The number of furan rings is 1. The van der Waals surface area contributed by atoms with Gasteiger partial charge in [-0.3, -0.25) is 4.79 Å². The number of rotatable bonds is 6. The highest BCUT2D eigenvalue weighted by atomic mass is 16.4. The summed E-state index contributed by atoms with van der Waals surface area (Å²) in [5.41, 5.74) is 3.50. The van der Waals surface area contributed by atoms with Crippen molar-refractivity contribution in [1.82, 2.24) is 9.88 Å². The molecule has 1 amide bonds. The van der Waals surface area contributed by atoms with Gasteiger partial charge in [0.2, 0.25) is 5.91 Å². The van der Waals surface area contributed by atoms with E-state index in [4.69, 9.17) is 9.52 Å². The van der Waals surface area contributed by atoms with Crippen LogP contribution in [0.25, 0.3) is 10.9 Å². The van der Waals surface area contributed by atoms with E-state index in [1.165, 1.54) is 11.6 Å². The predicted molar refractivity (Wildman–Crippen MR) is 98.2 cm³/mol. The number of H-pyrrole nitrogens is 1. The van der Waals surface area contributed by atoms with Gasteiger partial charge in [0.25, 0.3) is 0 Å². The SMILES string of the molecule is Cc1ccc2[nH]cc(CCC(=O)N(C)Cc3cc(C(=O)O)c(C)o3)c2c1. The molecule has 2 aromatic heterocycles. The average molecular weight is 354 g/mol. The standard InChI is InChI=1S/C20H22N2O4/c1-12-4-6-18-17(8-12)14(10-21-18)5-7-19(23)22(3)11-15-9-16(20(24)25)13(2)26-15/h4,6,8-10,21H,5,7,11H2,1-3H3,(H,24,25). The van der Waals surface area contributed by atoms with Gasteiger partial charge in [0.1, 0.15) is 17.1 Å². The van der Waals surface area contributed by atoms with Crippen LogP contribution < -0.4 is 0 Å². The van der Waals surface area contributed by atoms with Crippen molar-refractivity contribution in [3.8, 4) is 0 Å². The van der Waals surface area contributed by atoms with Gasteiger partial charge in [0, 0.05) is 30.6 Å². The number of amides is 1. The first-order chi connectivity index (χ1) is 12.3. The zero-order valence-corrected chi connectivity index (χ0v) is 15.1. The largest absolute Gasteiger partial charge is 0.478 e. The highest BCUT2D eigenvalue weighted by Crippen LogP contribution is 2.21. The van der Waals surface area contributed by atoms with Crippen LogP contribution in [0.3, 0.4) is 0 Å². The van der Waals surface area contributed by atoms with Gasteiger partial charge in [-0.1, -0.05) is 11.6 Å². The minimum absolute atomic E-state index is 0.0158. The lowest BCUT2D eigenvalue weighted by Crippen LogP contribution is -2.26. The smallest absolute Gasteiger partial charge is 0.339 e. The predicted octanol–water partition coefficient (Wildman–Crippen LogP) is 3.67. The van der Waals surface area contributed by atoms with Gasteiger partial charge in [0.15, 0.2) is 0 Å². The molecule has 0 radical (unpaired) electrons. The molecule has 6 heteroatoms. The topological polar surface area (TPSA) is 86.5 Å². The highest BCUT2D eigenvalue weighted by molar-refractivity contribution is 5.89. The van der Waals surface area contributed by atoms with Crippen LogP contribution in [0.1, 0.15) is 39.4 Å². The Balaban J connectivity index is 1.63. The molecule has 2 N–H and O–H groups in total. The number of nitrogens with zero attached hydrogens (tertiary/aromatic N) is 1. The Bertz CT molecular complexity index is 968. The molecule has 0 fully saturated rings. The van der Waals surface area contributed by atoms with Gasteiger partial charge in [-0.2, -0.15) is 0 Å². The Hall–Kier alpha value is -3.02.